The fourth-order valence-electron chi connectivity index (χ4n) is 3.58. The molecule has 0 spiro atoms. The van der Waals surface area contributed by atoms with Gasteiger partial charge in [-0.2, -0.15) is 0 Å². The molecule has 4 heteroatoms. The van der Waals surface area contributed by atoms with Crippen LogP contribution in [0.25, 0.3) is 11.0 Å². The van der Waals surface area contributed by atoms with Gasteiger partial charge in [-0.1, -0.05) is 6.07 Å². The molecular formula is C18H26N2O2+2. The summed E-state index contributed by atoms with van der Waals surface area (Å²) >= 11 is 0. The van der Waals surface area contributed by atoms with E-state index in [1.807, 2.05) is 6.92 Å². The lowest BCUT2D eigenvalue weighted by Gasteiger charge is -2.29. The van der Waals surface area contributed by atoms with E-state index in [-0.39, 0.29) is 5.63 Å². The number of nitrogens with one attached hydrogen (secondary N) is 2. The zero-order valence-electron chi connectivity index (χ0n) is 13.8. The van der Waals surface area contributed by atoms with E-state index in [2.05, 4.69) is 26.0 Å². The summed E-state index contributed by atoms with van der Waals surface area (Å²) in [6.07, 6.45) is 0. The lowest BCUT2D eigenvalue weighted by atomic mass is 10.0. The van der Waals surface area contributed by atoms with Crippen LogP contribution in [0.15, 0.2) is 27.4 Å². The van der Waals surface area contributed by atoms with Crippen molar-refractivity contribution < 1.29 is 14.2 Å². The molecule has 1 aromatic carbocycles. The molecule has 0 unspecified atom stereocenters. The first-order valence-corrected chi connectivity index (χ1v) is 8.28. The normalized spacial score (nSPS) is 22.1. The van der Waals surface area contributed by atoms with Crippen molar-refractivity contribution in [1.82, 2.24) is 0 Å². The molecule has 0 saturated carbocycles. The van der Waals surface area contributed by atoms with Gasteiger partial charge in [-0.25, -0.2) is 4.79 Å². The largest absolute Gasteiger partial charge is 0.422 e. The minimum atomic E-state index is -0.230. The number of piperazine rings is 1. The molecule has 1 aromatic heterocycles. The molecule has 2 heterocycles. The third-order valence-corrected chi connectivity index (χ3v) is 4.86. The van der Waals surface area contributed by atoms with Crippen LogP contribution in [0, 0.1) is 13.8 Å². The van der Waals surface area contributed by atoms with Crippen LogP contribution in [0.4, 0.5) is 0 Å². The van der Waals surface area contributed by atoms with E-state index in [4.69, 9.17) is 4.42 Å². The van der Waals surface area contributed by atoms with E-state index in [0.29, 0.717) is 0 Å². The van der Waals surface area contributed by atoms with Crippen molar-refractivity contribution in [3.63, 3.8) is 0 Å². The molecule has 118 valence electrons. The molecule has 2 aromatic rings. The summed E-state index contributed by atoms with van der Waals surface area (Å²) in [6, 6.07) is 5.91. The second-order valence-corrected chi connectivity index (χ2v) is 6.58. The van der Waals surface area contributed by atoms with Crippen molar-refractivity contribution in [2.45, 2.75) is 27.3 Å². The van der Waals surface area contributed by atoms with Gasteiger partial charge in [0.05, 0.1) is 6.54 Å². The maximum absolute atomic E-state index is 11.9. The van der Waals surface area contributed by atoms with E-state index in [1.54, 1.807) is 15.9 Å². The Morgan fingerprint density at radius 3 is 2.41 bits per heavy atom. The molecule has 0 radical (unpaired) electrons. The number of rotatable bonds is 3. The summed E-state index contributed by atoms with van der Waals surface area (Å²) in [4.78, 5) is 15.2. The summed E-state index contributed by atoms with van der Waals surface area (Å²) in [5, 5.41) is 1.11. The number of benzene rings is 1. The SMILES string of the molecule is CC[NH+]1CC[NH+](Cc2cc(=O)oc3c(C)cc(C)cc23)CC1. The number of quaternary nitrogens is 2. The zero-order chi connectivity index (χ0) is 15.7. The Kier molecular flexibility index (Phi) is 4.32. The van der Waals surface area contributed by atoms with Gasteiger partial charge >= 0.3 is 5.63 Å². The van der Waals surface area contributed by atoms with Crippen LogP contribution in [-0.2, 0) is 6.54 Å². The summed E-state index contributed by atoms with van der Waals surface area (Å²) in [5.41, 5.74) is 3.92. The summed E-state index contributed by atoms with van der Waals surface area (Å²) < 4.78 is 5.44. The predicted molar refractivity (Wildman–Crippen MR) is 87.6 cm³/mol. The van der Waals surface area contributed by atoms with Gasteiger partial charge in [0.1, 0.15) is 38.3 Å². The van der Waals surface area contributed by atoms with Crippen molar-refractivity contribution in [3.8, 4) is 0 Å². The maximum Gasteiger partial charge on any atom is 0.336 e. The third kappa shape index (κ3) is 3.08. The smallest absolute Gasteiger partial charge is 0.336 e. The fourth-order valence-corrected chi connectivity index (χ4v) is 3.58. The van der Waals surface area contributed by atoms with Gasteiger partial charge < -0.3 is 14.2 Å². The Bertz CT molecular complexity index is 728. The average Bonchev–Trinajstić information content (AvgIpc) is 2.49. The summed E-state index contributed by atoms with van der Waals surface area (Å²) in [5.74, 6) is 0. The second-order valence-electron chi connectivity index (χ2n) is 6.58. The van der Waals surface area contributed by atoms with Crippen LogP contribution in [0.3, 0.4) is 0 Å². The molecule has 0 bridgehead atoms. The lowest BCUT2D eigenvalue weighted by Crippen LogP contribution is -3.27. The fraction of sp³-hybridized carbons (Fsp3) is 0.500. The first-order chi connectivity index (χ1) is 10.6. The molecule has 1 aliphatic rings. The van der Waals surface area contributed by atoms with Gasteiger partial charge in [0.25, 0.3) is 0 Å². The average molecular weight is 302 g/mol. The highest BCUT2D eigenvalue weighted by molar-refractivity contribution is 5.83. The number of aryl methyl sites for hydroxylation is 2. The highest BCUT2D eigenvalue weighted by Gasteiger charge is 2.23. The minimum Gasteiger partial charge on any atom is -0.422 e. The van der Waals surface area contributed by atoms with Crippen molar-refractivity contribution in [2.24, 2.45) is 0 Å². The third-order valence-electron chi connectivity index (χ3n) is 4.86. The molecular weight excluding hydrogens is 276 g/mol. The van der Waals surface area contributed by atoms with E-state index < -0.39 is 0 Å². The maximum atomic E-state index is 11.9. The molecule has 0 amide bonds. The minimum absolute atomic E-state index is 0.230. The van der Waals surface area contributed by atoms with Gasteiger partial charge in [-0.15, -0.1) is 0 Å². The standard InChI is InChI=1S/C18H24N2O2/c1-4-19-5-7-20(8-6-19)12-15-11-17(21)22-18-14(3)9-13(2)10-16(15)18/h9-11H,4-8,12H2,1-3H3/p+2. The van der Waals surface area contributed by atoms with Crippen molar-refractivity contribution in [2.75, 3.05) is 32.7 Å². The molecule has 1 aliphatic heterocycles. The molecule has 4 nitrogen and oxygen atoms in total. The molecule has 2 N–H and O–H groups in total. The Labute approximate surface area is 131 Å². The number of hydrogen-bond acceptors (Lipinski definition) is 2. The summed E-state index contributed by atoms with van der Waals surface area (Å²) in [7, 11) is 0. The van der Waals surface area contributed by atoms with E-state index in [9.17, 15) is 4.79 Å². The van der Waals surface area contributed by atoms with Crippen LogP contribution in [0.1, 0.15) is 23.6 Å². The molecule has 1 fully saturated rings. The van der Waals surface area contributed by atoms with Gasteiger partial charge in [0.15, 0.2) is 0 Å². The second kappa shape index (κ2) is 6.23. The van der Waals surface area contributed by atoms with Crippen molar-refractivity contribution in [1.29, 1.82) is 0 Å². The topological polar surface area (TPSA) is 39.1 Å². The van der Waals surface area contributed by atoms with Gasteiger partial charge in [-0.3, -0.25) is 0 Å². The molecule has 0 aliphatic carbocycles. The van der Waals surface area contributed by atoms with Crippen molar-refractivity contribution >= 4 is 11.0 Å². The van der Waals surface area contributed by atoms with Crippen LogP contribution in [0.5, 0.6) is 0 Å². The first kappa shape index (κ1) is 15.3. The molecule has 3 rings (SSSR count). The first-order valence-electron chi connectivity index (χ1n) is 8.28. The van der Waals surface area contributed by atoms with Crippen LogP contribution < -0.4 is 15.4 Å². The van der Waals surface area contributed by atoms with Crippen LogP contribution in [0.2, 0.25) is 0 Å². The predicted octanol–water partition coefficient (Wildman–Crippen LogP) is -0.287. The number of fused-ring (bicyclic) bond motifs is 1. The Morgan fingerprint density at radius 2 is 1.73 bits per heavy atom. The van der Waals surface area contributed by atoms with E-state index in [0.717, 1.165) is 28.6 Å². The number of likely N-dealkylation sites (N-methyl/N-ethyl adjacent to an activating group) is 1. The quantitative estimate of drug-likeness (QED) is 0.765. The highest BCUT2D eigenvalue weighted by atomic mass is 16.4. The Morgan fingerprint density at radius 1 is 1.05 bits per heavy atom. The van der Waals surface area contributed by atoms with Gasteiger partial charge in [-0.05, 0) is 38.0 Å². The Balaban J connectivity index is 1.92. The molecule has 1 saturated heterocycles. The zero-order valence-corrected chi connectivity index (χ0v) is 13.8. The van der Waals surface area contributed by atoms with Gasteiger partial charge in [0.2, 0.25) is 0 Å². The van der Waals surface area contributed by atoms with Crippen LogP contribution in [-0.4, -0.2) is 32.7 Å². The molecule has 22 heavy (non-hydrogen) atoms. The molecule has 0 atom stereocenters. The van der Waals surface area contributed by atoms with Crippen LogP contribution >= 0.6 is 0 Å². The highest BCUT2D eigenvalue weighted by Crippen LogP contribution is 2.22. The lowest BCUT2D eigenvalue weighted by molar-refractivity contribution is -1.02. The van der Waals surface area contributed by atoms with Crippen molar-refractivity contribution in [3.05, 3.63) is 45.3 Å². The van der Waals surface area contributed by atoms with E-state index in [1.165, 1.54) is 38.3 Å². The van der Waals surface area contributed by atoms with E-state index >= 15 is 0 Å². The summed E-state index contributed by atoms with van der Waals surface area (Å²) in [6.45, 7) is 13.3. The Hall–Kier alpha value is -1.65. The van der Waals surface area contributed by atoms with Gasteiger partial charge in [0, 0.05) is 17.0 Å². The monoisotopic (exact) mass is 302 g/mol. The number of hydrogen-bond donors (Lipinski definition) is 2.